The first-order valence-corrected chi connectivity index (χ1v) is 7.96. The molecule has 0 unspecified atom stereocenters. The molecular weight excluding hydrogens is 326 g/mol. The van der Waals surface area contributed by atoms with Crippen LogP contribution >= 0.6 is 11.6 Å². The van der Waals surface area contributed by atoms with Gasteiger partial charge in [-0.2, -0.15) is 0 Å². The molecular formula is C18H16ClN3O2. The smallest absolute Gasteiger partial charge is 0.231 e. The van der Waals surface area contributed by atoms with Crippen LogP contribution in [0, 0.1) is 0 Å². The number of nitrogens with two attached hydrogens (primary N) is 1. The standard InChI is InChI=1S/C18H16ClN3O2/c1-18(2,10-3-6-14-15(7-10)24-9-23-14)16-12-8-11(19)4-5-13(12)21-17(20)22-16/h3-8H,9H2,1-2H3,(H2,20,21,22). The quantitative estimate of drug-likeness (QED) is 0.765. The highest BCUT2D eigenvalue weighted by molar-refractivity contribution is 6.31. The van der Waals surface area contributed by atoms with Crippen molar-refractivity contribution in [1.29, 1.82) is 0 Å². The molecule has 2 N–H and O–H groups in total. The number of fused-ring (bicyclic) bond motifs is 2. The Balaban J connectivity index is 1.93. The number of halogens is 1. The summed E-state index contributed by atoms with van der Waals surface area (Å²) in [4.78, 5) is 8.83. The summed E-state index contributed by atoms with van der Waals surface area (Å²) >= 11 is 6.18. The minimum Gasteiger partial charge on any atom is -0.454 e. The van der Waals surface area contributed by atoms with Crippen molar-refractivity contribution in [3.05, 3.63) is 52.7 Å². The molecule has 3 aromatic rings. The summed E-state index contributed by atoms with van der Waals surface area (Å²) in [5, 5.41) is 1.53. The third-order valence-corrected chi connectivity index (χ3v) is 4.60. The molecule has 1 aromatic heterocycles. The van der Waals surface area contributed by atoms with E-state index in [9.17, 15) is 0 Å². The Kier molecular flexibility index (Phi) is 3.28. The molecule has 5 nitrogen and oxygen atoms in total. The lowest BCUT2D eigenvalue weighted by molar-refractivity contribution is 0.174. The van der Waals surface area contributed by atoms with Gasteiger partial charge in [0.25, 0.3) is 0 Å². The zero-order valence-corrected chi connectivity index (χ0v) is 14.1. The number of ether oxygens (including phenoxy) is 2. The van der Waals surface area contributed by atoms with Gasteiger partial charge in [0.05, 0.1) is 11.2 Å². The summed E-state index contributed by atoms with van der Waals surface area (Å²) in [6.07, 6.45) is 0. The van der Waals surface area contributed by atoms with Crippen LogP contribution in [0.15, 0.2) is 36.4 Å². The number of hydrogen-bond acceptors (Lipinski definition) is 5. The van der Waals surface area contributed by atoms with Gasteiger partial charge in [0.1, 0.15) is 0 Å². The minimum atomic E-state index is -0.416. The van der Waals surface area contributed by atoms with Crippen LogP contribution in [0.25, 0.3) is 10.9 Å². The third kappa shape index (κ3) is 2.32. The highest BCUT2D eigenvalue weighted by atomic mass is 35.5. The Labute approximate surface area is 144 Å². The van der Waals surface area contributed by atoms with E-state index in [2.05, 4.69) is 23.8 Å². The number of anilines is 1. The number of nitrogens with zero attached hydrogens (tertiary/aromatic N) is 2. The second kappa shape index (κ2) is 5.24. The molecule has 2 heterocycles. The van der Waals surface area contributed by atoms with Crippen molar-refractivity contribution in [2.24, 2.45) is 0 Å². The van der Waals surface area contributed by atoms with Crippen LogP contribution in [0.4, 0.5) is 5.95 Å². The Morgan fingerprint density at radius 1 is 1.04 bits per heavy atom. The molecule has 0 aliphatic carbocycles. The van der Waals surface area contributed by atoms with Crippen LogP contribution in [-0.4, -0.2) is 16.8 Å². The molecule has 1 aliphatic heterocycles. The topological polar surface area (TPSA) is 70.3 Å². The predicted molar refractivity (Wildman–Crippen MR) is 93.7 cm³/mol. The van der Waals surface area contributed by atoms with Gasteiger partial charge in [-0.25, -0.2) is 9.97 Å². The van der Waals surface area contributed by atoms with Gasteiger partial charge in [0, 0.05) is 15.8 Å². The summed E-state index contributed by atoms with van der Waals surface area (Å²) in [5.41, 5.74) is 8.16. The Hall–Kier alpha value is -2.53. The van der Waals surface area contributed by atoms with Gasteiger partial charge in [-0.05, 0) is 35.9 Å². The Morgan fingerprint density at radius 2 is 1.83 bits per heavy atom. The molecule has 6 heteroatoms. The molecule has 0 fully saturated rings. The molecule has 1 aliphatic rings. The first-order valence-electron chi connectivity index (χ1n) is 7.58. The fourth-order valence-electron chi connectivity index (χ4n) is 3.02. The van der Waals surface area contributed by atoms with Crippen molar-refractivity contribution in [2.45, 2.75) is 19.3 Å². The Morgan fingerprint density at radius 3 is 2.67 bits per heavy atom. The summed E-state index contributed by atoms with van der Waals surface area (Å²) in [6.45, 7) is 4.43. The van der Waals surface area contributed by atoms with Crippen molar-refractivity contribution >= 4 is 28.5 Å². The van der Waals surface area contributed by atoms with E-state index < -0.39 is 5.41 Å². The van der Waals surface area contributed by atoms with Crippen LogP contribution in [-0.2, 0) is 5.41 Å². The van der Waals surface area contributed by atoms with Gasteiger partial charge in [-0.3, -0.25) is 0 Å². The molecule has 0 bridgehead atoms. The fourth-order valence-corrected chi connectivity index (χ4v) is 3.19. The second-order valence-electron chi connectivity index (χ2n) is 6.28. The maximum atomic E-state index is 6.18. The predicted octanol–water partition coefficient (Wildman–Crippen LogP) is 3.92. The summed E-state index contributed by atoms with van der Waals surface area (Å²) in [7, 11) is 0. The van der Waals surface area contributed by atoms with E-state index in [0.29, 0.717) is 5.02 Å². The monoisotopic (exact) mass is 341 g/mol. The zero-order valence-electron chi connectivity index (χ0n) is 13.3. The highest BCUT2D eigenvalue weighted by Crippen LogP contribution is 2.40. The molecule has 4 rings (SSSR count). The molecule has 2 aromatic carbocycles. The van der Waals surface area contributed by atoms with E-state index >= 15 is 0 Å². The second-order valence-corrected chi connectivity index (χ2v) is 6.72. The van der Waals surface area contributed by atoms with Crippen molar-refractivity contribution in [1.82, 2.24) is 9.97 Å². The van der Waals surface area contributed by atoms with Crippen LogP contribution in [0.1, 0.15) is 25.1 Å². The first kappa shape index (κ1) is 15.0. The summed E-state index contributed by atoms with van der Waals surface area (Å²) in [5.74, 6) is 1.74. The minimum absolute atomic E-state index is 0.244. The van der Waals surface area contributed by atoms with Crippen molar-refractivity contribution in [3.8, 4) is 11.5 Å². The van der Waals surface area contributed by atoms with Gasteiger partial charge in [-0.15, -0.1) is 0 Å². The molecule has 0 atom stereocenters. The van der Waals surface area contributed by atoms with E-state index in [0.717, 1.165) is 33.7 Å². The molecule has 0 amide bonds. The highest BCUT2D eigenvalue weighted by Gasteiger charge is 2.29. The van der Waals surface area contributed by atoms with Crippen LogP contribution in [0.3, 0.4) is 0 Å². The Bertz CT molecular complexity index is 956. The third-order valence-electron chi connectivity index (χ3n) is 4.36. The van der Waals surface area contributed by atoms with E-state index in [-0.39, 0.29) is 12.7 Å². The van der Waals surface area contributed by atoms with Gasteiger partial charge in [0.2, 0.25) is 12.7 Å². The number of hydrogen-bond donors (Lipinski definition) is 1. The average Bonchev–Trinajstić information content (AvgIpc) is 3.02. The SMILES string of the molecule is CC(C)(c1ccc2c(c1)OCO2)c1nc(N)nc2ccc(Cl)cc12. The maximum Gasteiger partial charge on any atom is 0.231 e. The van der Waals surface area contributed by atoms with Crippen LogP contribution < -0.4 is 15.2 Å². The van der Waals surface area contributed by atoms with E-state index in [4.69, 9.17) is 26.8 Å². The lowest BCUT2D eigenvalue weighted by Gasteiger charge is -2.26. The summed E-state index contributed by atoms with van der Waals surface area (Å²) < 4.78 is 10.9. The van der Waals surface area contributed by atoms with Gasteiger partial charge >= 0.3 is 0 Å². The lowest BCUT2D eigenvalue weighted by Crippen LogP contribution is -2.22. The molecule has 0 saturated heterocycles. The number of benzene rings is 2. The van der Waals surface area contributed by atoms with Crippen LogP contribution in [0.2, 0.25) is 5.02 Å². The number of aromatic nitrogens is 2. The van der Waals surface area contributed by atoms with E-state index in [1.54, 1.807) is 6.07 Å². The molecule has 0 spiro atoms. The van der Waals surface area contributed by atoms with Gasteiger partial charge < -0.3 is 15.2 Å². The largest absolute Gasteiger partial charge is 0.454 e. The number of rotatable bonds is 2. The van der Waals surface area contributed by atoms with Crippen molar-refractivity contribution in [3.63, 3.8) is 0 Å². The van der Waals surface area contributed by atoms with Gasteiger partial charge in [0.15, 0.2) is 11.5 Å². The van der Waals surface area contributed by atoms with Crippen molar-refractivity contribution < 1.29 is 9.47 Å². The average molecular weight is 342 g/mol. The lowest BCUT2D eigenvalue weighted by atomic mass is 9.79. The van der Waals surface area contributed by atoms with E-state index in [1.807, 2.05) is 30.3 Å². The fraction of sp³-hybridized carbons (Fsp3) is 0.222. The van der Waals surface area contributed by atoms with E-state index in [1.165, 1.54) is 0 Å². The molecule has 0 radical (unpaired) electrons. The molecule has 122 valence electrons. The maximum absolute atomic E-state index is 6.18. The molecule has 24 heavy (non-hydrogen) atoms. The number of nitrogen functional groups attached to an aromatic ring is 1. The zero-order chi connectivity index (χ0) is 16.9. The van der Waals surface area contributed by atoms with Crippen LogP contribution in [0.5, 0.6) is 11.5 Å². The van der Waals surface area contributed by atoms with Gasteiger partial charge in [-0.1, -0.05) is 31.5 Å². The molecule has 0 saturated carbocycles. The summed E-state index contributed by atoms with van der Waals surface area (Å²) in [6, 6.07) is 11.4. The first-order chi connectivity index (χ1) is 11.4. The van der Waals surface area contributed by atoms with Crippen molar-refractivity contribution in [2.75, 3.05) is 12.5 Å². The normalized spacial score (nSPS) is 13.5.